The van der Waals surface area contributed by atoms with E-state index in [4.69, 9.17) is 9.47 Å². The van der Waals surface area contributed by atoms with Crippen molar-refractivity contribution in [3.05, 3.63) is 23.8 Å². The predicted octanol–water partition coefficient (Wildman–Crippen LogP) is 2.47. The highest BCUT2D eigenvalue weighted by Crippen LogP contribution is 2.31. The van der Waals surface area contributed by atoms with Crippen molar-refractivity contribution in [2.45, 2.75) is 32.5 Å². The molecule has 82 valence electrons. The van der Waals surface area contributed by atoms with Crippen molar-refractivity contribution < 1.29 is 14.6 Å². The van der Waals surface area contributed by atoms with Gasteiger partial charge in [-0.1, -0.05) is 13.0 Å². The molecule has 0 spiro atoms. The van der Waals surface area contributed by atoms with Gasteiger partial charge in [0, 0.05) is 12.5 Å². The van der Waals surface area contributed by atoms with Crippen molar-refractivity contribution in [2.75, 3.05) is 6.61 Å². The zero-order valence-electron chi connectivity index (χ0n) is 8.90. The Labute approximate surface area is 89.6 Å². The number of phenols is 1. The van der Waals surface area contributed by atoms with Gasteiger partial charge < -0.3 is 14.6 Å². The van der Waals surface area contributed by atoms with E-state index in [1.165, 1.54) is 0 Å². The zero-order chi connectivity index (χ0) is 10.7. The Balaban J connectivity index is 2.05. The van der Waals surface area contributed by atoms with Crippen LogP contribution in [-0.4, -0.2) is 18.0 Å². The third-order valence-corrected chi connectivity index (χ3v) is 2.47. The van der Waals surface area contributed by atoms with Gasteiger partial charge in [-0.15, -0.1) is 0 Å². The lowest BCUT2D eigenvalue weighted by molar-refractivity contribution is -0.0905. The van der Waals surface area contributed by atoms with E-state index in [0.717, 1.165) is 37.2 Å². The summed E-state index contributed by atoms with van der Waals surface area (Å²) in [4.78, 5) is 0. The van der Waals surface area contributed by atoms with Gasteiger partial charge in [0.2, 0.25) is 0 Å². The molecule has 0 radical (unpaired) electrons. The molecule has 1 atom stereocenters. The SMILES string of the molecule is CCCOC1CCc2ccc(O)cc2O1. The number of aryl methyl sites for hydroxylation is 1. The van der Waals surface area contributed by atoms with Gasteiger partial charge in [0.1, 0.15) is 11.5 Å². The molecule has 1 aliphatic rings. The van der Waals surface area contributed by atoms with Gasteiger partial charge in [0.15, 0.2) is 6.29 Å². The number of ether oxygens (including phenoxy) is 2. The van der Waals surface area contributed by atoms with Gasteiger partial charge in [-0.3, -0.25) is 0 Å². The highest BCUT2D eigenvalue weighted by Gasteiger charge is 2.19. The van der Waals surface area contributed by atoms with Crippen molar-refractivity contribution in [3.63, 3.8) is 0 Å². The fourth-order valence-electron chi connectivity index (χ4n) is 1.70. The molecule has 1 unspecified atom stereocenters. The number of aromatic hydroxyl groups is 1. The largest absolute Gasteiger partial charge is 0.508 e. The van der Waals surface area contributed by atoms with Crippen molar-refractivity contribution in [1.82, 2.24) is 0 Å². The molecular formula is C12H16O3. The second-order valence-corrected chi connectivity index (χ2v) is 3.75. The van der Waals surface area contributed by atoms with Gasteiger partial charge in [0.25, 0.3) is 0 Å². The van der Waals surface area contributed by atoms with E-state index >= 15 is 0 Å². The fraction of sp³-hybridized carbons (Fsp3) is 0.500. The van der Waals surface area contributed by atoms with E-state index < -0.39 is 0 Å². The predicted molar refractivity (Wildman–Crippen MR) is 57.1 cm³/mol. The molecule has 1 aliphatic heterocycles. The van der Waals surface area contributed by atoms with Crippen LogP contribution in [0.2, 0.25) is 0 Å². The summed E-state index contributed by atoms with van der Waals surface area (Å²) >= 11 is 0. The van der Waals surface area contributed by atoms with E-state index in [0.29, 0.717) is 0 Å². The summed E-state index contributed by atoms with van der Waals surface area (Å²) in [6.07, 6.45) is 2.67. The third kappa shape index (κ3) is 2.42. The van der Waals surface area contributed by atoms with Crippen LogP contribution in [0, 0.1) is 0 Å². The molecule has 0 amide bonds. The zero-order valence-corrected chi connectivity index (χ0v) is 8.90. The molecule has 3 heteroatoms. The number of fused-ring (bicyclic) bond motifs is 1. The maximum Gasteiger partial charge on any atom is 0.200 e. The summed E-state index contributed by atoms with van der Waals surface area (Å²) in [5.41, 5.74) is 1.14. The molecule has 2 rings (SSSR count). The summed E-state index contributed by atoms with van der Waals surface area (Å²) in [6, 6.07) is 5.24. The van der Waals surface area contributed by atoms with E-state index in [1.807, 2.05) is 6.07 Å². The van der Waals surface area contributed by atoms with Crippen LogP contribution in [-0.2, 0) is 11.2 Å². The smallest absolute Gasteiger partial charge is 0.200 e. The molecule has 3 nitrogen and oxygen atoms in total. The number of benzene rings is 1. The lowest BCUT2D eigenvalue weighted by atomic mass is 10.1. The van der Waals surface area contributed by atoms with Crippen molar-refractivity contribution in [3.8, 4) is 11.5 Å². The summed E-state index contributed by atoms with van der Waals surface area (Å²) in [7, 11) is 0. The lowest BCUT2D eigenvalue weighted by Gasteiger charge is -2.25. The second-order valence-electron chi connectivity index (χ2n) is 3.75. The van der Waals surface area contributed by atoms with Gasteiger partial charge in [-0.05, 0) is 24.5 Å². The minimum atomic E-state index is -0.153. The average Bonchev–Trinajstić information content (AvgIpc) is 2.25. The first-order chi connectivity index (χ1) is 7.29. The molecule has 0 saturated carbocycles. The average molecular weight is 208 g/mol. The van der Waals surface area contributed by atoms with E-state index in [2.05, 4.69) is 6.92 Å². The molecule has 15 heavy (non-hydrogen) atoms. The standard InChI is InChI=1S/C12H16O3/c1-2-7-14-12-6-4-9-3-5-10(13)8-11(9)15-12/h3,5,8,12-13H,2,4,6-7H2,1H3. The van der Waals surface area contributed by atoms with Crippen LogP contribution >= 0.6 is 0 Å². The fourth-order valence-corrected chi connectivity index (χ4v) is 1.70. The highest BCUT2D eigenvalue weighted by atomic mass is 16.7. The molecule has 1 N–H and O–H groups in total. The topological polar surface area (TPSA) is 38.7 Å². The van der Waals surface area contributed by atoms with E-state index in [1.54, 1.807) is 12.1 Å². The van der Waals surface area contributed by atoms with Crippen molar-refractivity contribution >= 4 is 0 Å². The summed E-state index contributed by atoms with van der Waals surface area (Å²) in [5.74, 6) is 0.993. The Kier molecular flexibility index (Phi) is 3.11. The molecule has 1 aromatic carbocycles. The Morgan fingerprint density at radius 2 is 2.40 bits per heavy atom. The number of hydrogen-bond acceptors (Lipinski definition) is 3. The maximum atomic E-state index is 9.33. The van der Waals surface area contributed by atoms with Crippen molar-refractivity contribution in [2.24, 2.45) is 0 Å². The highest BCUT2D eigenvalue weighted by molar-refractivity contribution is 5.41. The summed E-state index contributed by atoms with van der Waals surface area (Å²) in [5, 5.41) is 9.33. The number of hydrogen-bond donors (Lipinski definition) is 1. The van der Waals surface area contributed by atoms with Crippen LogP contribution in [0.4, 0.5) is 0 Å². The van der Waals surface area contributed by atoms with Crippen LogP contribution in [0.5, 0.6) is 11.5 Å². The Hall–Kier alpha value is -1.22. The maximum absolute atomic E-state index is 9.33. The minimum Gasteiger partial charge on any atom is -0.508 e. The monoisotopic (exact) mass is 208 g/mol. The summed E-state index contributed by atoms with van der Waals surface area (Å²) < 4.78 is 11.2. The second kappa shape index (κ2) is 4.53. The summed E-state index contributed by atoms with van der Waals surface area (Å²) in [6.45, 7) is 2.79. The molecule has 0 aromatic heterocycles. The van der Waals surface area contributed by atoms with Crippen LogP contribution in [0.1, 0.15) is 25.3 Å². The minimum absolute atomic E-state index is 0.153. The van der Waals surface area contributed by atoms with E-state index in [-0.39, 0.29) is 12.0 Å². The first kappa shape index (κ1) is 10.3. The molecule has 0 saturated heterocycles. The van der Waals surface area contributed by atoms with Gasteiger partial charge in [0.05, 0.1) is 6.61 Å². The first-order valence-corrected chi connectivity index (χ1v) is 5.39. The van der Waals surface area contributed by atoms with Gasteiger partial charge in [-0.2, -0.15) is 0 Å². The van der Waals surface area contributed by atoms with Crippen LogP contribution < -0.4 is 4.74 Å². The normalized spacial score (nSPS) is 19.4. The van der Waals surface area contributed by atoms with Crippen LogP contribution in [0.25, 0.3) is 0 Å². The molecule has 0 fully saturated rings. The van der Waals surface area contributed by atoms with Gasteiger partial charge >= 0.3 is 0 Å². The molecule has 0 bridgehead atoms. The number of phenolic OH excluding ortho intramolecular Hbond substituents is 1. The quantitative estimate of drug-likeness (QED) is 0.829. The Morgan fingerprint density at radius 1 is 1.53 bits per heavy atom. The third-order valence-electron chi connectivity index (χ3n) is 2.47. The molecule has 1 aromatic rings. The Morgan fingerprint density at radius 3 is 3.20 bits per heavy atom. The number of rotatable bonds is 3. The van der Waals surface area contributed by atoms with Crippen LogP contribution in [0.3, 0.4) is 0 Å². The van der Waals surface area contributed by atoms with Crippen LogP contribution in [0.15, 0.2) is 18.2 Å². The van der Waals surface area contributed by atoms with Crippen molar-refractivity contribution in [1.29, 1.82) is 0 Å². The molecular weight excluding hydrogens is 192 g/mol. The van der Waals surface area contributed by atoms with Gasteiger partial charge in [-0.25, -0.2) is 0 Å². The lowest BCUT2D eigenvalue weighted by Crippen LogP contribution is -2.25. The first-order valence-electron chi connectivity index (χ1n) is 5.39. The molecule has 0 aliphatic carbocycles. The van der Waals surface area contributed by atoms with E-state index in [9.17, 15) is 5.11 Å². The molecule has 1 heterocycles. The Bertz CT molecular complexity index is 336.